The average molecular weight is 586 g/mol. The highest BCUT2D eigenvalue weighted by molar-refractivity contribution is 7.99. The minimum Gasteiger partial charge on any atom is -0.493 e. The molecule has 0 saturated carbocycles. The maximum atomic E-state index is 13.9. The molecule has 1 heterocycles. The minimum absolute atomic E-state index is 0.00299. The number of amides is 2. The molecule has 0 unspecified atom stereocenters. The van der Waals surface area contributed by atoms with Gasteiger partial charge in [0.2, 0.25) is 11.7 Å². The number of nitrogens with zero attached hydrogens (tertiary/aromatic N) is 3. The molecular formula is C27H25ClFN5O5S. The van der Waals surface area contributed by atoms with Gasteiger partial charge in [-0.3, -0.25) is 14.2 Å². The van der Waals surface area contributed by atoms with E-state index in [4.69, 9.17) is 25.8 Å². The predicted octanol–water partition coefficient (Wildman–Crippen LogP) is 4.75. The van der Waals surface area contributed by atoms with E-state index >= 15 is 0 Å². The number of carbonyl (C=O) groups excluding carboxylic acids is 2. The fourth-order valence-corrected chi connectivity index (χ4v) is 4.69. The zero-order valence-corrected chi connectivity index (χ0v) is 23.3. The number of benzene rings is 3. The van der Waals surface area contributed by atoms with E-state index in [9.17, 15) is 14.0 Å². The van der Waals surface area contributed by atoms with E-state index < -0.39 is 17.6 Å². The summed E-state index contributed by atoms with van der Waals surface area (Å²) in [5.74, 6) is -0.0180. The summed E-state index contributed by atoms with van der Waals surface area (Å²) in [5, 5.41) is 14.7. The van der Waals surface area contributed by atoms with Crippen molar-refractivity contribution in [1.29, 1.82) is 0 Å². The van der Waals surface area contributed by atoms with E-state index in [1.54, 1.807) is 34.9 Å². The second kappa shape index (κ2) is 13.2. The molecular weight excluding hydrogens is 561 g/mol. The summed E-state index contributed by atoms with van der Waals surface area (Å²) < 4.78 is 31.6. The number of hydrogen-bond acceptors (Lipinski definition) is 8. The highest BCUT2D eigenvalue weighted by Gasteiger charge is 2.20. The van der Waals surface area contributed by atoms with Gasteiger partial charge in [-0.1, -0.05) is 41.6 Å². The van der Waals surface area contributed by atoms with E-state index in [-0.39, 0.29) is 23.5 Å². The first-order valence-corrected chi connectivity index (χ1v) is 13.2. The summed E-state index contributed by atoms with van der Waals surface area (Å²) in [6.07, 6.45) is 0. The summed E-state index contributed by atoms with van der Waals surface area (Å²) in [6.45, 7) is -0.00299. The number of aromatic nitrogens is 3. The Kier molecular flexibility index (Phi) is 9.46. The molecule has 0 fully saturated rings. The van der Waals surface area contributed by atoms with Crippen LogP contribution in [0.1, 0.15) is 16.2 Å². The minimum atomic E-state index is -0.534. The van der Waals surface area contributed by atoms with Crippen LogP contribution in [-0.2, 0) is 11.3 Å². The molecule has 0 spiro atoms. The molecule has 1 aromatic heterocycles. The van der Waals surface area contributed by atoms with Crippen molar-refractivity contribution >= 4 is 40.9 Å². The van der Waals surface area contributed by atoms with Gasteiger partial charge in [-0.25, -0.2) is 4.39 Å². The van der Waals surface area contributed by atoms with Gasteiger partial charge in [0.1, 0.15) is 5.82 Å². The number of nitrogens with one attached hydrogen (secondary N) is 2. The Morgan fingerprint density at radius 3 is 2.35 bits per heavy atom. The van der Waals surface area contributed by atoms with Crippen molar-refractivity contribution in [1.82, 2.24) is 20.1 Å². The molecule has 0 saturated heterocycles. The van der Waals surface area contributed by atoms with Crippen molar-refractivity contribution in [3.63, 3.8) is 0 Å². The number of carbonyl (C=O) groups is 2. The molecule has 208 valence electrons. The quantitative estimate of drug-likeness (QED) is 0.242. The van der Waals surface area contributed by atoms with Crippen LogP contribution in [0, 0.1) is 5.82 Å². The van der Waals surface area contributed by atoms with Crippen LogP contribution in [0.3, 0.4) is 0 Å². The Labute approximate surface area is 238 Å². The smallest absolute Gasteiger partial charge is 0.251 e. The molecule has 10 nitrogen and oxygen atoms in total. The molecule has 0 aliphatic rings. The van der Waals surface area contributed by atoms with Crippen LogP contribution in [0.15, 0.2) is 65.8 Å². The number of rotatable bonds is 11. The number of methoxy groups -OCH3 is 3. The molecule has 0 atom stereocenters. The van der Waals surface area contributed by atoms with Crippen LogP contribution in [0.2, 0.25) is 5.02 Å². The normalized spacial score (nSPS) is 10.6. The third kappa shape index (κ3) is 6.64. The van der Waals surface area contributed by atoms with Crippen molar-refractivity contribution in [3.05, 3.63) is 82.9 Å². The zero-order chi connectivity index (χ0) is 28.6. The van der Waals surface area contributed by atoms with E-state index in [1.165, 1.54) is 51.7 Å². The van der Waals surface area contributed by atoms with E-state index in [0.717, 1.165) is 11.8 Å². The summed E-state index contributed by atoms with van der Waals surface area (Å²) in [6, 6.07) is 15.9. The second-order valence-corrected chi connectivity index (χ2v) is 9.51. The molecule has 13 heteroatoms. The van der Waals surface area contributed by atoms with Gasteiger partial charge in [-0.15, -0.1) is 10.2 Å². The Balaban J connectivity index is 1.54. The van der Waals surface area contributed by atoms with Gasteiger partial charge in [0.05, 0.1) is 45.0 Å². The van der Waals surface area contributed by atoms with Gasteiger partial charge in [0.25, 0.3) is 5.91 Å². The van der Waals surface area contributed by atoms with Gasteiger partial charge < -0.3 is 24.8 Å². The fraction of sp³-hybridized carbons (Fsp3) is 0.185. The topological polar surface area (TPSA) is 117 Å². The second-order valence-electron chi connectivity index (χ2n) is 8.13. The molecule has 2 N–H and O–H groups in total. The van der Waals surface area contributed by atoms with Crippen molar-refractivity contribution in [3.8, 4) is 22.9 Å². The lowest BCUT2D eigenvalue weighted by Crippen LogP contribution is -2.25. The van der Waals surface area contributed by atoms with Crippen molar-refractivity contribution in [2.75, 3.05) is 32.4 Å². The van der Waals surface area contributed by atoms with E-state index in [0.29, 0.717) is 38.9 Å². The first kappa shape index (κ1) is 28.7. The van der Waals surface area contributed by atoms with Crippen molar-refractivity contribution in [2.45, 2.75) is 11.7 Å². The van der Waals surface area contributed by atoms with Crippen LogP contribution in [-0.4, -0.2) is 53.7 Å². The summed E-state index contributed by atoms with van der Waals surface area (Å²) >= 11 is 7.32. The van der Waals surface area contributed by atoms with E-state index in [1.807, 2.05) is 0 Å². The lowest BCUT2D eigenvalue weighted by Gasteiger charge is -2.14. The first-order valence-electron chi connectivity index (χ1n) is 11.8. The predicted molar refractivity (Wildman–Crippen MR) is 149 cm³/mol. The van der Waals surface area contributed by atoms with Crippen LogP contribution in [0.4, 0.5) is 10.1 Å². The monoisotopic (exact) mass is 585 g/mol. The Morgan fingerprint density at radius 1 is 0.975 bits per heavy atom. The van der Waals surface area contributed by atoms with Gasteiger partial charge in [-0.05, 0) is 42.5 Å². The maximum Gasteiger partial charge on any atom is 0.251 e. The van der Waals surface area contributed by atoms with Crippen LogP contribution in [0.25, 0.3) is 5.69 Å². The van der Waals surface area contributed by atoms with Gasteiger partial charge in [-0.2, -0.15) is 0 Å². The SMILES string of the molecule is COc1cc(C(=O)NCc2nnc(SCC(=O)Nc3ccccc3F)n2-c2cccc(Cl)c2)cc(OC)c1OC. The number of halogens is 2. The number of para-hydroxylation sites is 1. The van der Waals surface area contributed by atoms with Gasteiger partial charge in [0.15, 0.2) is 22.5 Å². The lowest BCUT2D eigenvalue weighted by molar-refractivity contribution is -0.113. The number of ether oxygens (including phenoxy) is 3. The van der Waals surface area contributed by atoms with Crippen LogP contribution in [0.5, 0.6) is 17.2 Å². The number of thioether (sulfide) groups is 1. The van der Waals surface area contributed by atoms with E-state index in [2.05, 4.69) is 20.8 Å². The standard InChI is InChI=1S/C27H25ClFN5O5S/c1-37-21-11-16(12-22(38-2)25(21)39-3)26(36)30-14-23-32-33-27(34(23)18-8-6-7-17(28)13-18)40-15-24(35)31-20-10-5-4-9-19(20)29/h4-13H,14-15H2,1-3H3,(H,30,36)(H,31,35). The Morgan fingerprint density at radius 2 is 1.70 bits per heavy atom. The molecule has 0 aliphatic heterocycles. The van der Waals surface area contributed by atoms with Crippen molar-refractivity contribution < 1.29 is 28.2 Å². The summed E-state index contributed by atoms with van der Waals surface area (Å²) in [5.41, 5.74) is 0.994. The average Bonchev–Trinajstić information content (AvgIpc) is 3.37. The number of hydrogen-bond donors (Lipinski definition) is 2. The molecule has 3 aromatic carbocycles. The molecule has 0 radical (unpaired) electrons. The molecule has 0 bridgehead atoms. The highest BCUT2D eigenvalue weighted by Crippen LogP contribution is 2.38. The maximum absolute atomic E-state index is 13.9. The molecule has 4 rings (SSSR count). The highest BCUT2D eigenvalue weighted by atomic mass is 35.5. The van der Waals surface area contributed by atoms with Gasteiger partial charge >= 0.3 is 0 Å². The number of anilines is 1. The fourth-order valence-electron chi connectivity index (χ4n) is 3.74. The van der Waals surface area contributed by atoms with Crippen LogP contribution >= 0.6 is 23.4 Å². The Bertz CT molecular complexity index is 1510. The lowest BCUT2D eigenvalue weighted by atomic mass is 10.1. The van der Waals surface area contributed by atoms with Gasteiger partial charge in [0, 0.05) is 10.6 Å². The third-order valence-electron chi connectivity index (χ3n) is 5.58. The van der Waals surface area contributed by atoms with Crippen molar-refractivity contribution in [2.24, 2.45) is 0 Å². The first-order chi connectivity index (χ1) is 19.3. The molecule has 2 amide bonds. The molecule has 4 aromatic rings. The zero-order valence-electron chi connectivity index (χ0n) is 21.7. The van der Waals surface area contributed by atoms with Crippen LogP contribution < -0.4 is 24.8 Å². The molecule has 0 aliphatic carbocycles. The summed E-state index contributed by atoms with van der Waals surface area (Å²) in [7, 11) is 4.40. The molecule has 40 heavy (non-hydrogen) atoms. The summed E-state index contributed by atoms with van der Waals surface area (Å²) in [4.78, 5) is 25.6. The largest absolute Gasteiger partial charge is 0.493 e. The third-order valence-corrected chi connectivity index (χ3v) is 6.75. The Hall–Kier alpha value is -4.29.